The van der Waals surface area contributed by atoms with Crippen molar-refractivity contribution >= 4 is 5.97 Å². The van der Waals surface area contributed by atoms with Crippen LogP contribution in [0.4, 0.5) is 0 Å². The van der Waals surface area contributed by atoms with Crippen molar-refractivity contribution in [2.75, 3.05) is 20.3 Å². The van der Waals surface area contributed by atoms with Gasteiger partial charge >= 0.3 is 5.97 Å². The van der Waals surface area contributed by atoms with Crippen molar-refractivity contribution in [3.05, 3.63) is 0 Å². The second-order valence-corrected chi connectivity index (χ2v) is 4.93. The molecule has 0 spiro atoms. The molecule has 3 fully saturated rings. The van der Waals surface area contributed by atoms with E-state index >= 15 is 0 Å². The van der Waals surface area contributed by atoms with Crippen LogP contribution in [-0.2, 0) is 14.3 Å². The Balaban J connectivity index is 1.79. The SMILES string of the molecule is COCC1CC2CC1C1COC(=O)C21. The molecule has 1 aliphatic heterocycles. The van der Waals surface area contributed by atoms with Crippen molar-refractivity contribution in [1.29, 1.82) is 0 Å². The molecule has 3 aliphatic rings. The minimum atomic E-state index is 0.0679. The lowest BCUT2D eigenvalue weighted by Crippen LogP contribution is -2.30. The second-order valence-electron chi connectivity index (χ2n) is 4.93. The van der Waals surface area contributed by atoms with Gasteiger partial charge < -0.3 is 9.47 Å². The zero-order valence-electron chi connectivity index (χ0n) is 8.44. The van der Waals surface area contributed by atoms with Gasteiger partial charge in [-0.15, -0.1) is 0 Å². The molecule has 14 heavy (non-hydrogen) atoms. The summed E-state index contributed by atoms with van der Waals surface area (Å²) in [5.74, 6) is 2.80. The van der Waals surface area contributed by atoms with Gasteiger partial charge in [-0.25, -0.2) is 0 Å². The molecule has 5 atom stereocenters. The molecule has 0 radical (unpaired) electrons. The molecule has 2 bridgehead atoms. The number of carbonyl (C=O) groups excluding carboxylic acids is 1. The van der Waals surface area contributed by atoms with Crippen LogP contribution < -0.4 is 0 Å². The molecule has 3 nitrogen and oxygen atoms in total. The van der Waals surface area contributed by atoms with E-state index in [1.165, 1.54) is 12.8 Å². The van der Waals surface area contributed by atoms with Gasteiger partial charge in [-0.2, -0.15) is 0 Å². The fourth-order valence-corrected chi connectivity index (χ4v) is 3.91. The molecule has 5 unspecified atom stereocenters. The van der Waals surface area contributed by atoms with E-state index in [0.717, 1.165) is 6.61 Å². The Hall–Kier alpha value is -0.570. The highest BCUT2D eigenvalue weighted by Gasteiger charge is 2.58. The van der Waals surface area contributed by atoms with Crippen molar-refractivity contribution in [2.24, 2.45) is 29.6 Å². The number of rotatable bonds is 2. The van der Waals surface area contributed by atoms with Gasteiger partial charge in [-0.05, 0) is 30.6 Å². The van der Waals surface area contributed by atoms with Crippen LogP contribution in [0.25, 0.3) is 0 Å². The zero-order chi connectivity index (χ0) is 9.71. The van der Waals surface area contributed by atoms with Crippen molar-refractivity contribution in [2.45, 2.75) is 12.8 Å². The van der Waals surface area contributed by atoms with Gasteiger partial charge in [0.1, 0.15) is 0 Å². The summed E-state index contributed by atoms with van der Waals surface area (Å²) in [4.78, 5) is 11.5. The van der Waals surface area contributed by atoms with E-state index in [-0.39, 0.29) is 11.9 Å². The van der Waals surface area contributed by atoms with Crippen LogP contribution in [0.3, 0.4) is 0 Å². The monoisotopic (exact) mass is 196 g/mol. The Labute approximate surface area is 83.8 Å². The number of carbonyl (C=O) groups is 1. The molecule has 3 heteroatoms. The Kier molecular flexibility index (Phi) is 1.84. The number of hydrogen-bond acceptors (Lipinski definition) is 3. The average Bonchev–Trinajstić information content (AvgIpc) is 2.78. The molecular weight excluding hydrogens is 180 g/mol. The predicted molar refractivity (Wildman–Crippen MR) is 49.5 cm³/mol. The van der Waals surface area contributed by atoms with Gasteiger partial charge in [-0.1, -0.05) is 0 Å². The van der Waals surface area contributed by atoms with Gasteiger partial charge in [0, 0.05) is 19.6 Å². The van der Waals surface area contributed by atoms with E-state index in [0.29, 0.717) is 30.3 Å². The minimum absolute atomic E-state index is 0.0679. The summed E-state index contributed by atoms with van der Waals surface area (Å²) in [7, 11) is 1.76. The van der Waals surface area contributed by atoms with E-state index in [9.17, 15) is 4.79 Å². The van der Waals surface area contributed by atoms with E-state index in [2.05, 4.69) is 0 Å². The van der Waals surface area contributed by atoms with Crippen LogP contribution in [0.5, 0.6) is 0 Å². The molecule has 2 saturated carbocycles. The third-order valence-electron chi connectivity index (χ3n) is 4.38. The lowest BCUT2D eigenvalue weighted by atomic mass is 9.76. The van der Waals surface area contributed by atoms with Crippen LogP contribution in [0.1, 0.15) is 12.8 Å². The number of methoxy groups -OCH3 is 1. The predicted octanol–water partition coefficient (Wildman–Crippen LogP) is 1.08. The zero-order valence-corrected chi connectivity index (χ0v) is 8.44. The first-order chi connectivity index (χ1) is 6.81. The average molecular weight is 196 g/mol. The molecule has 3 rings (SSSR count). The van der Waals surface area contributed by atoms with Crippen LogP contribution in [-0.4, -0.2) is 26.3 Å². The highest BCUT2D eigenvalue weighted by Crippen LogP contribution is 2.57. The molecule has 1 heterocycles. The van der Waals surface area contributed by atoms with Crippen molar-refractivity contribution < 1.29 is 14.3 Å². The van der Waals surface area contributed by atoms with Crippen molar-refractivity contribution in [3.63, 3.8) is 0 Å². The third kappa shape index (κ3) is 0.991. The molecule has 0 N–H and O–H groups in total. The van der Waals surface area contributed by atoms with Gasteiger partial charge in [0.15, 0.2) is 0 Å². The third-order valence-corrected chi connectivity index (χ3v) is 4.38. The number of hydrogen-bond donors (Lipinski definition) is 0. The van der Waals surface area contributed by atoms with Crippen LogP contribution >= 0.6 is 0 Å². The molecule has 78 valence electrons. The largest absolute Gasteiger partial charge is 0.465 e. The normalized spacial score (nSPS) is 49.5. The van der Waals surface area contributed by atoms with Crippen molar-refractivity contribution in [1.82, 2.24) is 0 Å². The summed E-state index contributed by atoms with van der Waals surface area (Å²) in [6.45, 7) is 1.53. The van der Waals surface area contributed by atoms with Gasteiger partial charge in [-0.3, -0.25) is 4.79 Å². The highest BCUT2D eigenvalue weighted by atomic mass is 16.5. The summed E-state index contributed by atoms with van der Waals surface area (Å²) >= 11 is 0. The van der Waals surface area contributed by atoms with E-state index < -0.39 is 0 Å². The van der Waals surface area contributed by atoms with E-state index in [4.69, 9.17) is 9.47 Å². The Morgan fingerprint density at radius 2 is 2.29 bits per heavy atom. The van der Waals surface area contributed by atoms with Crippen LogP contribution in [0, 0.1) is 29.6 Å². The standard InChI is InChI=1S/C11H16O3/c1-13-4-7-2-6-3-8(7)9-5-14-11(12)10(6)9/h6-10H,2-5H2,1H3. The molecular formula is C11H16O3. The maximum absolute atomic E-state index is 11.5. The number of esters is 1. The van der Waals surface area contributed by atoms with E-state index in [1.807, 2.05) is 0 Å². The number of fused-ring (bicyclic) bond motifs is 5. The molecule has 1 saturated heterocycles. The number of cyclic esters (lactones) is 1. The lowest BCUT2D eigenvalue weighted by Gasteiger charge is -2.27. The minimum Gasteiger partial charge on any atom is -0.465 e. The van der Waals surface area contributed by atoms with E-state index in [1.54, 1.807) is 7.11 Å². The summed E-state index contributed by atoms with van der Waals surface area (Å²) in [5, 5.41) is 0. The van der Waals surface area contributed by atoms with Gasteiger partial charge in [0.2, 0.25) is 0 Å². The van der Waals surface area contributed by atoms with Gasteiger partial charge in [0.25, 0.3) is 0 Å². The molecule has 0 aromatic rings. The first-order valence-corrected chi connectivity index (χ1v) is 5.47. The Morgan fingerprint density at radius 3 is 3.07 bits per heavy atom. The molecule has 2 aliphatic carbocycles. The fourth-order valence-electron chi connectivity index (χ4n) is 3.91. The quantitative estimate of drug-likeness (QED) is 0.620. The Bertz CT molecular complexity index is 263. The fraction of sp³-hybridized carbons (Fsp3) is 0.909. The van der Waals surface area contributed by atoms with Gasteiger partial charge in [0.05, 0.1) is 12.5 Å². The topological polar surface area (TPSA) is 35.5 Å². The molecule has 0 aromatic heterocycles. The first kappa shape index (κ1) is 8.72. The first-order valence-electron chi connectivity index (χ1n) is 5.47. The maximum atomic E-state index is 11.5. The summed E-state index contributed by atoms with van der Waals surface area (Å²) < 4.78 is 10.4. The number of ether oxygens (including phenoxy) is 2. The molecule has 0 aromatic carbocycles. The van der Waals surface area contributed by atoms with Crippen molar-refractivity contribution in [3.8, 4) is 0 Å². The highest BCUT2D eigenvalue weighted by molar-refractivity contribution is 5.76. The summed E-state index contributed by atoms with van der Waals surface area (Å²) in [5.41, 5.74) is 0. The smallest absolute Gasteiger partial charge is 0.309 e. The lowest BCUT2D eigenvalue weighted by molar-refractivity contribution is -0.142. The Morgan fingerprint density at radius 1 is 1.43 bits per heavy atom. The summed E-state index contributed by atoms with van der Waals surface area (Å²) in [6.07, 6.45) is 2.41. The molecule has 0 amide bonds. The second kappa shape index (κ2) is 2.96. The van der Waals surface area contributed by atoms with Crippen LogP contribution in [0.15, 0.2) is 0 Å². The maximum Gasteiger partial charge on any atom is 0.309 e. The van der Waals surface area contributed by atoms with Crippen LogP contribution in [0.2, 0.25) is 0 Å². The summed E-state index contributed by atoms with van der Waals surface area (Å²) in [6, 6.07) is 0.